The molecule has 0 bridgehead atoms. The van der Waals surface area contributed by atoms with E-state index in [1.807, 2.05) is 6.92 Å². The molecule has 0 saturated carbocycles. The number of rotatable bonds is 8. The Bertz CT molecular complexity index is 1060. The lowest BCUT2D eigenvalue weighted by Gasteiger charge is -2.31. The highest BCUT2D eigenvalue weighted by Gasteiger charge is 2.30. The van der Waals surface area contributed by atoms with E-state index in [9.17, 15) is 18.0 Å². The van der Waals surface area contributed by atoms with E-state index < -0.39 is 28.5 Å². The van der Waals surface area contributed by atoms with Crippen molar-refractivity contribution in [3.05, 3.63) is 63.6 Å². The van der Waals surface area contributed by atoms with Gasteiger partial charge in [0, 0.05) is 23.6 Å². The Labute approximate surface area is 193 Å². The SMILES string of the molecule is CNC(=O)C(C)N(Cc1ccc(Cl)cc1Cl)C(=O)CN(c1ccc(C)cc1)S(C)(=O)=O. The number of hydrogen-bond donors (Lipinski definition) is 1. The van der Waals surface area contributed by atoms with Gasteiger partial charge in [-0.05, 0) is 43.7 Å². The van der Waals surface area contributed by atoms with Gasteiger partial charge in [-0.2, -0.15) is 0 Å². The molecule has 168 valence electrons. The molecule has 0 aromatic heterocycles. The molecule has 1 N–H and O–H groups in total. The Balaban J connectivity index is 2.40. The maximum atomic E-state index is 13.3. The standard InChI is InChI=1S/C21H25Cl2N3O4S/c1-14-5-9-18(10-6-14)26(31(4,29)30)13-20(27)25(15(2)21(28)24-3)12-16-7-8-17(22)11-19(16)23/h5-11,15H,12-13H2,1-4H3,(H,24,28). The maximum absolute atomic E-state index is 13.3. The first-order chi connectivity index (χ1) is 14.4. The summed E-state index contributed by atoms with van der Waals surface area (Å²) in [7, 11) is -2.29. The molecule has 10 heteroatoms. The van der Waals surface area contributed by atoms with Gasteiger partial charge in [0.2, 0.25) is 21.8 Å². The fourth-order valence-electron chi connectivity index (χ4n) is 2.95. The highest BCUT2D eigenvalue weighted by atomic mass is 35.5. The molecule has 2 rings (SSSR count). The lowest BCUT2D eigenvalue weighted by atomic mass is 10.1. The van der Waals surface area contributed by atoms with Crippen molar-refractivity contribution in [3.63, 3.8) is 0 Å². The average molecular weight is 486 g/mol. The zero-order valence-corrected chi connectivity index (χ0v) is 20.1. The van der Waals surface area contributed by atoms with Gasteiger partial charge < -0.3 is 10.2 Å². The molecule has 2 aromatic carbocycles. The van der Waals surface area contributed by atoms with Crippen molar-refractivity contribution in [2.45, 2.75) is 26.4 Å². The summed E-state index contributed by atoms with van der Waals surface area (Å²) >= 11 is 12.2. The monoisotopic (exact) mass is 485 g/mol. The van der Waals surface area contributed by atoms with Crippen LogP contribution < -0.4 is 9.62 Å². The van der Waals surface area contributed by atoms with Crippen molar-refractivity contribution < 1.29 is 18.0 Å². The van der Waals surface area contributed by atoms with E-state index in [2.05, 4.69) is 5.32 Å². The molecule has 0 aliphatic rings. The van der Waals surface area contributed by atoms with Gasteiger partial charge in [0.1, 0.15) is 12.6 Å². The Kier molecular flexibility index (Phi) is 8.34. The lowest BCUT2D eigenvalue weighted by Crippen LogP contribution is -2.50. The van der Waals surface area contributed by atoms with E-state index in [1.165, 1.54) is 11.9 Å². The molecule has 0 fully saturated rings. The van der Waals surface area contributed by atoms with E-state index in [0.717, 1.165) is 16.1 Å². The molecule has 0 radical (unpaired) electrons. The van der Waals surface area contributed by atoms with Gasteiger partial charge in [0.15, 0.2) is 0 Å². The largest absolute Gasteiger partial charge is 0.357 e. The summed E-state index contributed by atoms with van der Waals surface area (Å²) < 4.78 is 25.9. The first-order valence-electron chi connectivity index (χ1n) is 9.43. The van der Waals surface area contributed by atoms with Crippen LogP contribution in [0.3, 0.4) is 0 Å². The van der Waals surface area contributed by atoms with Crippen LogP contribution in [0.25, 0.3) is 0 Å². The van der Waals surface area contributed by atoms with Gasteiger partial charge in [-0.25, -0.2) is 8.42 Å². The zero-order valence-electron chi connectivity index (χ0n) is 17.7. The molecular weight excluding hydrogens is 461 g/mol. The van der Waals surface area contributed by atoms with Gasteiger partial charge in [0.25, 0.3) is 0 Å². The number of benzene rings is 2. The van der Waals surface area contributed by atoms with Crippen LogP contribution in [0, 0.1) is 6.92 Å². The number of aryl methyl sites for hydroxylation is 1. The Morgan fingerprint density at radius 2 is 1.71 bits per heavy atom. The van der Waals surface area contributed by atoms with Crippen molar-refractivity contribution >= 4 is 50.7 Å². The van der Waals surface area contributed by atoms with Crippen molar-refractivity contribution in [1.82, 2.24) is 10.2 Å². The molecule has 2 amide bonds. The summed E-state index contributed by atoms with van der Waals surface area (Å²) in [5.41, 5.74) is 1.89. The third-order valence-electron chi connectivity index (χ3n) is 4.77. The first-order valence-corrected chi connectivity index (χ1v) is 12.0. The van der Waals surface area contributed by atoms with E-state index in [4.69, 9.17) is 23.2 Å². The van der Waals surface area contributed by atoms with Crippen LogP contribution in [0.4, 0.5) is 5.69 Å². The average Bonchev–Trinajstić information content (AvgIpc) is 2.70. The third kappa shape index (κ3) is 6.59. The zero-order chi connectivity index (χ0) is 23.3. The quantitative estimate of drug-likeness (QED) is 0.621. The summed E-state index contributed by atoms with van der Waals surface area (Å²) in [4.78, 5) is 26.8. The number of anilines is 1. The second-order valence-corrected chi connectivity index (χ2v) is 9.90. The minimum Gasteiger partial charge on any atom is -0.357 e. The molecule has 7 nitrogen and oxygen atoms in total. The number of nitrogens with one attached hydrogen (secondary N) is 1. The smallest absolute Gasteiger partial charge is 0.244 e. The second-order valence-electron chi connectivity index (χ2n) is 7.15. The number of amides is 2. The molecule has 0 spiro atoms. The van der Waals surface area contributed by atoms with Crippen molar-refractivity contribution in [1.29, 1.82) is 0 Å². The van der Waals surface area contributed by atoms with Crippen molar-refractivity contribution in [3.8, 4) is 0 Å². The Morgan fingerprint density at radius 1 is 1.10 bits per heavy atom. The topological polar surface area (TPSA) is 86.8 Å². The van der Waals surface area contributed by atoms with Crippen LogP contribution in [0.15, 0.2) is 42.5 Å². The maximum Gasteiger partial charge on any atom is 0.244 e. The summed E-state index contributed by atoms with van der Waals surface area (Å²) in [6.45, 7) is 2.99. The van der Waals surface area contributed by atoms with E-state index in [0.29, 0.717) is 21.3 Å². The van der Waals surface area contributed by atoms with Gasteiger partial charge >= 0.3 is 0 Å². The summed E-state index contributed by atoms with van der Waals surface area (Å²) in [5, 5.41) is 3.29. The van der Waals surface area contributed by atoms with Crippen LogP contribution in [0.5, 0.6) is 0 Å². The van der Waals surface area contributed by atoms with Crippen LogP contribution in [-0.2, 0) is 26.2 Å². The molecule has 1 atom stereocenters. The van der Waals surface area contributed by atoms with Crippen LogP contribution in [-0.4, -0.2) is 51.0 Å². The molecule has 2 aromatic rings. The predicted octanol–water partition coefficient (Wildman–Crippen LogP) is 3.23. The first kappa shape index (κ1) is 25.0. The number of sulfonamides is 1. The van der Waals surface area contributed by atoms with E-state index in [1.54, 1.807) is 49.4 Å². The van der Waals surface area contributed by atoms with Gasteiger partial charge in [-0.15, -0.1) is 0 Å². The normalized spacial score (nSPS) is 12.2. The second kappa shape index (κ2) is 10.3. The van der Waals surface area contributed by atoms with Gasteiger partial charge in [-0.1, -0.05) is 47.0 Å². The van der Waals surface area contributed by atoms with Crippen LogP contribution in [0.2, 0.25) is 10.0 Å². The summed E-state index contributed by atoms with van der Waals surface area (Å²) in [6, 6.07) is 10.8. The van der Waals surface area contributed by atoms with Crippen molar-refractivity contribution in [2.75, 3.05) is 24.2 Å². The molecule has 0 heterocycles. The fourth-order valence-corrected chi connectivity index (χ4v) is 4.27. The number of carbonyl (C=O) groups is 2. The number of halogens is 2. The van der Waals surface area contributed by atoms with Crippen molar-refractivity contribution in [2.24, 2.45) is 0 Å². The molecule has 0 saturated heterocycles. The highest BCUT2D eigenvalue weighted by molar-refractivity contribution is 7.92. The molecule has 31 heavy (non-hydrogen) atoms. The van der Waals surface area contributed by atoms with Gasteiger partial charge in [-0.3, -0.25) is 13.9 Å². The highest BCUT2D eigenvalue weighted by Crippen LogP contribution is 2.24. The number of carbonyl (C=O) groups excluding carboxylic acids is 2. The number of nitrogens with zero attached hydrogens (tertiary/aromatic N) is 2. The fraction of sp³-hybridized carbons (Fsp3) is 0.333. The molecule has 1 unspecified atom stereocenters. The lowest BCUT2D eigenvalue weighted by molar-refractivity contribution is -0.139. The molecule has 0 aliphatic carbocycles. The minimum absolute atomic E-state index is 0.00885. The van der Waals surface area contributed by atoms with Crippen LogP contribution >= 0.6 is 23.2 Å². The molecule has 0 aliphatic heterocycles. The van der Waals surface area contributed by atoms with E-state index >= 15 is 0 Å². The predicted molar refractivity (Wildman–Crippen MR) is 124 cm³/mol. The summed E-state index contributed by atoms with van der Waals surface area (Å²) in [6.07, 6.45) is 1.03. The molecular formula is C21H25Cl2N3O4S. The summed E-state index contributed by atoms with van der Waals surface area (Å²) in [5.74, 6) is -0.937. The van der Waals surface area contributed by atoms with E-state index in [-0.39, 0.29) is 12.5 Å². The number of likely N-dealkylation sites (N-methyl/N-ethyl adjacent to an activating group) is 1. The minimum atomic E-state index is -3.76. The Hall–Kier alpha value is -2.29. The third-order valence-corrected chi connectivity index (χ3v) is 6.50. The van der Waals surface area contributed by atoms with Gasteiger partial charge in [0.05, 0.1) is 11.9 Å². The Morgan fingerprint density at radius 3 is 2.23 bits per heavy atom. The van der Waals surface area contributed by atoms with Crippen LogP contribution in [0.1, 0.15) is 18.1 Å². The number of hydrogen-bond acceptors (Lipinski definition) is 4.